The first-order valence-corrected chi connectivity index (χ1v) is 11.4. The van der Waals surface area contributed by atoms with Gasteiger partial charge in [-0.15, -0.1) is 0 Å². The number of benzene rings is 6. The third kappa shape index (κ3) is 3.61. The second-order valence-corrected chi connectivity index (χ2v) is 8.65. The van der Waals surface area contributed by atoms with Crippen LogP contribution in [-0.4, -0.2) is 5.11 Å². The van der Waals surface area contributed by atoms with Crippen LogP contribution >= 0.6 is 0 Å². The molecule has 1 N–H and O–H groups in total. The Hall–Kier alpha value is -4.38. The molecule has 6 rings (SSSR count). The summed E-state index contributed by atoms with van der Waals surface area (Å²) in [7, 11) is 0. The van der Waals surface area contributed by atoms with Gasteiger partial charge >= 0.3 is 0 Å². The van der Waals surface area contributed by atoms with Crippen LogP contribution in [0, 0.1) is 11.8 Å². The Balaban J connectivity index is 1.54. The lowest BCUT2D eigenvalue weighted by Crippen LogP contribution is -2.25. The van der Waals surface area contributed by atoms with Crippen LogP contribution in [0.3, 0.4) is 0 Å². The molecule has 0 atom stereocenters. The molecule has 1 nitrogen and oxygen atoms in total. The standard InChI is InChI=1S/C33H22O/c34-33(31-17-15-26-8-2-5-11-29(26)22-31,32-18-16-27-9-3-6-12-30(27)23-32)20-19-24-13-14-25-7-1-4-10-28(25)21-24/h1-18,21-23,34H. The highest BCUT2D eigenvalue weighted by atomic mass is 16.3. The number of aliphatic hydroxyl groups is 1. The molecule has 1 heteroatoms. The molecule has 0 aliphatic carbocycles. The van der Waals surface area contributed by atoms with Crippen LogP contribution in [0.4, 0.5) is 0 Å². The minimum Gasteiger partial charge on any atom is -0.369 e. The van der Waals surface area contributed by atoms with Gasteiger partial charge in [0.2, 0.25) is 0 Å². The maximum Gasteiger partial charge on any atom is 0.177 e. The van der Waals surface area contributed by atoms with Crippen LogP contribution in [0.2, 0.25) is 0 Å². The van der Waals surface area contributed by atoms with Crippen molar-refractivity contribution in [1.29, 1.82) is 0 Å². The smallest absolute Gasteiger partial charge is 0.177 e. The zero-order chi connectivity index (χ0) is 23.0. The first kappa shape index (κ1) is 20.2. The number of rotatable bonds is 2. The number of fused-ring (bicyclic) bond motifs is 3. The van der Waals surface area contributed by atoms with E-state index in [9.17, 15) is 5.11 Å². The highest BCUT2D eigenvalue weighted by Gasteiger charge is 2.30. The van der Waals surface area contributed by atoms with Gasteiger partial charge in [0.05, 0.1) is 0 Å². The number of hydrogen-bond donors (Lipinski definition) is 1. The van der Waals surface area contributed by atoms with E-state index < -0.39 is 5.60 Å². The Kier molecular flexibility index (Phi) is 4.88. The van der Waals surface area contributed by atoms with Crippen LogP contribution in [0.5, 0.6) is 0 Å². The van der Waals surface area contributed by atoms with Gasteiger partial charge in [0.15, 0.2) is 5.60 Å². The van der Waals surface area contributed by atoms with E-state index in [1.165, 1.54) is 5.39 Å². The van der Waals surface area contributed by atoms with Crippen molar-refractivity contribution in [3.05, 3.63) is 144 Å². The minimum absolute atomic E-state index is 0.759. The Morgan fingerprint density at radius 3 is 1.35 bits per heavy atom. The Morgan fingerprint density at radius 2 is 0.853 bits per heavy atom. The Labute approximate surface area is 198 Å². The molecular formula is C33H22O. The summed E-state index contributed by atoms with van der Waals surface area (Å²) in [5, 5.41) is 18.9. The van der Waals surface area contributed by atoms with Gasteiger partial charge in [0.1, 0.15) is 0 Å². The van der Waals surface area contributed by atoms with Crippen LogP contribution in [-0.2, 0) is 5.60 Å². The Morgan fingerprint density at radius 1 is 0.441 bits per heavy atom. The normalized spacial score (nSPS) is 11.4. The molecule has 0 aliphatic heterocycles. The van der Waals surface area contributed by atoms with E-state index in [4.69, 9.17) is 0 Å². The van der Waals surface area contributed by atoms with Gasteiger partial charge in [-0.3, -0.25) is 0 Å². The monoisotopic (exact) mass is 434 g/mol. The molecule has 0 fully saturated rings. The summed E-state index contributed by atoms with van der Waals surface area (Å²) in [4.78, 5) is 0. The summed E-state index contributed by atoms with van der Waals surface area (Å²) in [6, 6.07) is 42.9. The van der Waals surface area contributed by atoms with E-state index >= 15 is 0 Å². The molecule has 0 heterocycles. The molecule has 0 radical (unpaired) electrons. The zero-order valence-electron chi connectivity index (χ0n) is 18.6. The Bertz CT molecular complexity index is 1650. The zero-order valence-corrected chi connectivity index (χ0v) is 18.6. The van der Waals surface area contributed by atoms with Crippen LogP contribution < -0.4 is 0 Å². The first-order valence-electron chi connectivity index (χ1n) is 11.4. The summed E-state index contributed by atoms with van der Waals surface area (Å²) < 4.78 is 0. The quantitative estimate of drug-likeness (QED) is 0.281. The van der Waals surface area contributed by atoms with Gasteiger partial charge in [0, 0.05) is 16.7 Å². The van der Waals surface area contributed by atoms with Crippen molar-refractivity contribution in [2.24, 2.45) is 0 Å². The summed E-state index contributed by atoms with van der Waals surface area (Å²) >= 11 is 0. The third-order valence-electron chi connectivity index (χ3n) is 6.47. The fraction of sp³-hybridized carbons (Fsp3) is 0.0303. The van der Waals surface area contributed by atoms with Gasteiger partial charge in [-0.1, -0.05) is 115 Å². The van der Waals surface area contributed by atoms with E-state index in [2.05, 4.69) is 60.4 Å². The molecule has 6 aromatic rings. The molecule has 0 aromatic heterocycles. The summed E-state index contributed by atoms with van der Waals surface area (Å²) in [5.41, 5.74) is 0.933. The van der Waals surface area contributed by atoms with Crippen molar-refractivity contribution < 1.29 is 5.11 Å². The second-order valence-electron chi connectivity index (χ2n) is 8.65. The SMILES string of the molecule is OC(C#Cc1ccc2ccccc2c1)(c1ccc2ccccc2c1)c1ccc2ccccc2c1. The fourth-order valence-electron chi connectivity index (χ4n) is 4.57. The highest BCUT2D eigenvalue weighted by molar-refractivity contribution is 5.86. The fourth-order valence-corrected chi connectivity index (χ4v) is 4.57. The van der Waals surface area contributed by atoms with E-state index in [0.717, 1.165) is 43.6 Å². The van der Waals surface area contributed by atoms with Crippen molar-refractivity contribution in [1.82, 2.24) is 0 Å². The summed E-state index contributed by atoms with van der Waals surface area (Å²) in [6.07, 6.45) is 0. The molecule has 0 amide bonds. The highest BCUT2D eigenvalue weighted by Crippen LogP contribution is 2.33. The summed E-state index contributed by atoms with van der Waals surface area (Å²) in [5.74, 6) is 6.52. The molecule has 0 bridgehead atoms. The average molecular weight is 435 g/mol. The molecule has 0 saturated heterocycles. The van der Waals surface area contributed by atoms with Crippen LogP contribution in [0.15, 0.2) is 127 Å². The molecule has 6 aromatic carbocycles. The van der Waals surface area contributed by atoms with Crippen LogP contribution in [0.25, 0.3) is 32.3 Å². The first-order chi connectivity index (χ1) is 16.7. The molecule has 0 spiro atoms. The average Bonchev–Trinajstić information content (AvgIpc) is 2.91. The molecule has 0 saturated carbocycles. The van der Waals surface area contributed by atoms with Gasteiger partial charge in [-0.25, -0.2) is 0 Å². The molecule has 0 aliphatic rings. The largest absolute Gasteiger partial charge is 0.369 e. The third-order valence-corrected chi connectivity index (χ3v) is 6.47. The van der Waals surface area contributed by atoms with Gasteiger partial charge in [0.25, 0.3) is 0 Å². The van der Waals surface area contributed by atoms with Crippen molar-refractivity contribution in [3.63, 3.8) is 0 Å². The van der Waals surface area contributed by atoms with Crippen molar-refractivity contribution in [2.75, 3.05) is 0 Å². The van der Waals surface area contributed by atoms with Crippen molar-refractivity contribution in [3.8, 4) is 11.8 Å². The van der Waals surface area contributed by atoms with E-state index in [1.807, 2.05) is 78.9 Å². The van der Waals surface area contributed by atoms with Crippen LogP contribution in [0.1, 0.15) is 16.7 Å². The van der Waals surface area contributed by atoms with E-state index in [1.54, 1.807) is 0 Å². The number of hydrogen-bond acceptors (Lipinski definition) is 1. The molecule has 160 valence electrons. The predicted octanol–water partition coefficient (Wildman–Crippen LogP) is 7.43. The molecular weight excluding hydrogens is 412 g/mol. The molecule has 0 unspecified atom stereocenters. The van der Waals surface area contributed by atoms with E-state index in [0.29, 0.717) is 0 Å². The summed E-state index contributed by atoms with van der Waals surface area (Å²) in [6.45, 7) is 0. The molecule has 34 heavy (non-hydrogen) atoms. The lowest BCUT2D eigenvalue weighted by atomic mass is 9.84. The minimum atomic E-state index is -1.46. The topological polar surface area (TPSA) is 20.2 Å². The maximum atomic E-state index is 12.2. The lowest BCUT2D eigenvalue weighted by Gasteiger charge is -2.24. The van der Waals surface area contributed by atoms with Crippen molar-refractivity contribution in [2.45, 2.75) is 5.60 Å². The second kappa shape index (κ2) is 8.19. The maximum absolute atomic E-state index is 12.2. The van der Waals surface area contributed by atoms with Crippen molar-refractivity contribution >= 4 is 32.3 Å². The van der Waals surface area contributed by atoms with E-state index in [-0.39, 0.29) is 0 Å². The lowest BCUT2D eigenvalue weighted by molar-refractivity contribution is 0.145. The van der Waals surface area contributed by atoms with Gasteiger partial charge < -0.3 is 5.11 Å². The predicted molar refractivity (Wildman–Crippen MR) is 142 cm³/mol. The van der Waals surface area contributed by atoms with Gasteiger partial charge in [-0.05, 0) is 56.6 Å². The van der Waals surface area contributed by atoms with Gasteiger partial charge in [-0.2, -0.15) is 0 Å².